The maximum absolute atomic E-state index is 14.0. The summed E-state index contributed by atoms with van der Waals surface area (Å²) in [6.45, 7) is 5.30. The van der Waals surface area contributed by atoms with Crippen molar-refractivity contribution in [3.05, 3.63) is 29.6 Å². The van der Waals surface area contributed by atoms with E-state index in [9.17, 15) is 9.18 Å². The number of carbonyl (C=O) groups excluding carboxylic acids is 1. The fraction of sp³-hybridized carbons (Fsp3) is 0.611. The third-order valence-corrected chi connectivity index (χ3v) is 4.68. The zero-order chi connectivity index (χ0) is 16.9. The molecule has 0 saturated carbocycles. The van der Waals surface area contributed by atoms with E-state index in [1.165, 1.54) is 6.07 Å². The highest BCUT2D eigenvalue weighted by Gasteiger charge is 2.29. The minimum atomic E-state index is -0.369. The molecular formula is C18H25FN2O3. The van der Waals surface area contributed by atoms with Gasteiger partial charge in [-0.25, -0.2) is 9.18 Å². The van der Waals surface area contributed by atoms with Gasteiger partial charge in [0.15, 0.2) is 11.6 Å². The normalized spacial score (nSPS) is 23.3. The predicted octanol–water partition coefficient (Wildman–Crippen LogP) is 3.11. The number of fused-ring (bicyclic) bond motifs is 1. The van der Waals surface area contributed by atoms with Gasteiger partial charge in [0.05, 0.1) is 19.3 Å². The van der Waals surface area contributed by atoms with Crippen LogP contribution in [0.25, 0.3) is 0 Å². The number of nitrogens with zero attached hydrogens (tertiary/aromatic N) is 1. The summed E-state index contributed by atoms with van der Waals surface area (Å²) < 4.78 is 24.9. The maximum atomic E-state index is 14.0. The van der Waals surface area contributed by atoms with Crippen molar-refractivity contribution in [3.63, 3.8) is 0 Å². The van der Waals surface area contributed by atoms with Gasteiger partial charge < -0.3 is 19.7 Å². The molecule has 3 rings (SSSR count). The number of hydrogen-bond donors (Lipinski definition) is 1. The number of halogens is 1. The Labute approximate surface area is 142 Å². The number of para-hydroxylation sites is 1. The minimum Gasteiger partial charge on any atom is -0.490 e. The van der Waals surface area contributed by atoms with Gasteiger partial charge in [0.2, 0.25) is 0 Å². The molecule has 2 unspecified atom stereocenters. The van der Waals surface area contributed by atoms with Gasteiger partial charge in [0.1, 0.15) is 0 Å². The topological polar surface area (TPSA) is 50.8 Å². The third-order valence-electron chi connectivity index (χ3n) is 4.68. The zero-order valence-corrected chi connectivity index (χ0v) is 14.1. The molecule has 0 bridgehead atoms. The molecule has 2 atom stereocenters. The van der Waals surface area contributed by atoms with Crippen LogP contribution in [0.5, 0.6) is 5.75 Å². The van der Waals surface area contributed by atoms with Crippen LogP contribution >= 0.6 is 0 Å². The lowest BCUT2D eigenvalue weighted by molar-refractivity contribution is 0.113. The van der Waals surface area contributed by atoms with E-state index in [1.807, 2.05) is 17.9 Å². The van der Waals surface area contributed by atoms with Crippen LogP contribution in [-0.2, 0) is 4.74 Å². The van der Waals surface area contributed by atoms with Crippen LogP contribution in [0.3, 0.4) is 0 Å². The largest absolute Gasteiger partial charge is 0.490 e. The average Bonchev–Trinajstić information content (AvgIpc) is 2.96. The highest BCUT2D eigenvalue weighted by Crippen LogP contribution is 2.33. The molecule has 1 saturated heterocycles. The molecule has 1 aromatic carbocycles. The number of ether oxygens (including phenoxy) is 2. The molecule has 1 aromatic rings. The summed E-state index contributed by atoms with van der Waals surface area (Å²) in [6, 6.07) is 4.58. The molecule has 0 aromatic heterocycles. The van der Waals surface area contributed by atoms with Crippen molar-refractivity contribution in [2.75, 3.05) is 32.9 Å². The van der Waals surface area contributed by atoms with Crippen molar-refractivity contribution in [3.8, 4) is 5.75 Å². The molecule has 0 spiro atoms. The van der Waals surface area contributed by atoms with E-state index in [0.717, 1.165) is 31.4 Å². The predicted molar refractivity (Wildman–Crippen MR) is 88.6 cm³/mol. The number of nitrogens with one attached hydrogen (secondary N) is 1. The van der Waals surface area contributed by atoms with Crippen LogP contribution in [0.1, 0.15) is 37.8 Å². The van der Waals surface area contributed by atoms with Crippen LogP contribution in [0.15, 0.2) is 18.2 Å². The Morgan fingerprint density at radius 2 is 2.33 bits per heavy atom. The molecule has 5 nitrogen and oxygen atoms in total. The van der Waals surface area contributed by atoms with E-state index < -0.39 is 0 Å². The fourth-order valence-electron chi connectivity index (χ4n) is 3.40. The van der Waals surface area contributed by atoms with Gasteiger partial charge in [-0.2, -0.15) is 0 Å². The van der Waals surface area contributed by atoms with Crippen molar-refractivity contribution >= 4 is 6.03 Å². The Morgan fingerprint density at radius 3 is 3.17 bits per heavy atom. The summed E-state index contributed by atoms with van der Waals surface area (Å²) >= 11 is 0. The molecule has 2 amide bonds. The van der Waals surface area contributed by atoms with Crippen molar-refractivity contribution in [1.29, 1.82) is 0 Å². The van der Waals surface area contributed by atoms with Gasteiger partial charge in [-0.15, -0.1) is 0 Å². The second-order valence-corrected chi connectivity index (χ2v) is 6.41. The summed E-state index contributed by atoms with van der Waals surface area (Å²) in [5.74, 6) is 0.306. The molecule has 2 heterocycles. The van der Waals surface area contributed by atoms with Gasteiger partial charge in [-0.05, 0) is 32.3 Å². The molecule has 1 fully saturated rings. The zero-order valence-electron chi connectivity index (χ0n) is 14.1. The maximum Gasteiger partial charge on any atom is 0.317 e. The number of urea groups is 1. The Kier molecular flexibility index (Phi) is 5.56. The Morgan fingerprint density at radius 1 is 1.46 bits per heavy atom. The number of likely N-dealkylation sites (tertiary alicyclic amines) is 1. The van der Waals surface area contributed by atoms with Gasteiger partial charge in [-0.1, -0.05) is 12.1 Å². The van der Waals surface area contributed by atoms with Crippen molar-refractivity contribution < 1.29 is 18.7 Å². The van der Waals surface area contributed by atoms with E-state index in [1.54, 1.807) is 6.07 Å². The molecule has 24 heavy (non-hydrogen) atoms. The van der Waals surface area contributed by atoms with Crippen LogP contribution in [-0.4, -0.2) is 43.8 Å². The van der Waals surface area contributed by atoms with Gasteiger partial charge in [0, 0.05) is 31.2 Å². The lowest BCUT2D eigenvalue weighted by Gasteiger charge is -2.23. The molecule has 1 N–H and O–H groups in total. The molecular weight excluding hydrogens is 311 g/mol. The van der Waals surface area contributed by atoms with Gasteiger partial charge >= 0.3 is 6.03 Å². The standard InChI is InChI=1S/C18H25FN2O3/c1-2-23-12-13-8-9-21(11-13)18(22)20-16-7-4-10-24-17-14(16)5-3-6-15(17)19/h3,5-6,13,16H,2,4,7-12H2,1H3,(H,20,22). The third kappa shape index (κ3) is 3.80. The van der Waals surface area contributed by atoms with Gasteiger partial charge in [0.25, 0.3) is 0 Å². The van der Waals surface area contributed by atoms with Crippen molar-refractivity contribution in [1.82, 2.24) is 10.2 Å². The smallest absolute Gasteiger partial charge is 0.317 e. The van der Waals surface area contributed by atoms with Crippen LogP contribution in [0.2, 0.25) is 0 Å². The lowest BCUT2D eigenvalue weighted by atomic mass is 10.0. The number of carbonyl (C=O) groups is 1. The number of rotatable bonds is 4. The summed E-state index contributed by atoms with van der Waals surface area (Å²) in [5, 5.41) is 3.06. The second kappa shape index (κ2) is 7.83. The molecule has 6 heteroatoms. The summed E-state index contributed by atoms with van der Waals surface area (Å²) in [4.78, 5) is 14.4. The monoisotopic (exact) mass is 336 g/mol. The van der Waals surface area contributed by atoms with Crippen LogP contribution < -0.4 is 10.1 Å². The summed E-state index contributed by atoms with van der Waals surface area (Å²) in [5.41, 5.74) is 0.728. The number of benzene rings is 1. The lowest BCUT2D eigenvalue weighted by Crippen LogP contribution is -2.40. The Hall–Kier alpha value is -1.82. The van der Waals surface area contributed by atoms with E-state index >= 15 is 0 Å². The second-order valence-electron chi connectivity index (χ2n) is 6.41. The molecule has 2 aliphatic rings. The highest BCUT2D eigenvalue weighted by molar-refractivity contribution is 5.75. The van der Waals surface area contributed by atoms with E-state index in [4.69, 9.17) is 9.47 Å². The molecule has 0 aliphatic carbocycles. The SMILES string of the molecule is CCOCC1CCN(C(=O)NC2CCCOc3c(F)cccc32)C1. The first-order chi connectivity index (χ1) is 11.7. The van der Waals surface area contributed by atoms with E-state index in [-0.39, 0.29) is 23.6 Å². The summed E-state index contributed by atoms with van der Waals surface area (Å²) in [6.07, 6.45) is 2.50. The van der Waals surface area contributed by atoms with Crippen molar-refractivity contribution in [2.24, 2.45) is 5.92 Å². The van der Waals surface area contributed by atoms with Crippen LogP contribution in [0, 0.1) is 11.7 Å². The number of amides is 2. The fourth-order valence-corrected chi connectivity index (χ4v) is 3.40. The molecule has 2 aliphatic heterocycles. The first kappa shape index (κ1) is 17.0. The van der Waals surface area contributed by atoms with Crippen LogP contribution in [0.4, 0.5) is 9.18 Å². The number of hydrogen-bond acceptors (Lipinski definition) is 3. The quantitative estimate of drug-likeness (QED) is 0.919. The first-order valence-corrected chi connectivity index (χ1v) is 8.73. The van der Waals surface area contributed by atoms with Crippen molar-refractivity contribution in [2.45, 2.75) is 32.2 Å². The van der Waals surface area contributed by atoms with E-state index in [2.05, 4.69) is 5.32 Å². The van der Waals surface area contributed by atoms with E-state index in [0.29, 0.717) is 32.3 Å². The summed E-state index contributed by atoms with van der Waals surface area (Å²) in [7, 11) is 0. The minimum absolute atomic E-state index is 0.0869. The average molecular weight is 336 g/mol. The first-order valence-electron chi connectivity index (χ1n) is 8.73. The molecule has 0 radical (unpaired) electrons. The van der Waals surface area contributed by atoms with Gasteiger partial charge in [-0.3, -0.25) is 0 Å². The molecule has 132 valence electrons. The highest BCUT2D eigenvalue weighted by atomic mass is 19.1. The Balaban J connectivity index is 1.64. The Bertz CT molecular complexity index is 581.